The zero-order chi connectivity index (χ0) is 14.7. The molecular formula is C16H17FN2O. The molecule has 0 aliphatic heterocycles. The molecule has 0 atom stereocenters. The van der Waals surface area contributed by atoms with Crippen LogP contribution in [0, 0.1) is 12.7 Å². The topological polar surface area (TPSA) is 55.1 Å². The van der Waals surface area contributed by atoms with Crippen LogP contribution in [-0.2, 0) is 6.42 Å². The average Bonchev–Trinajstić information content (AvgIpc) is 2.44. The van der Waals surface area contributed by atoms with E-state index < -0.39 is 5.82 Å². The van der Waals surface area contributed by atoms with Gasteiger partial charge in [0.05, 0.1) is 5.69 Å². The number of rotatable bonds is 3. The van der Waals surface area contributed by atoms with Gasteiger partial charge in [-0.25, -0.2) is 4.39 Å². The highest BCUT2D eigenvalue weighted by Gasteiger charge is 2.11. The van der Waals surface area contributed by atoms with E-state index >= 15 is 0 Å². The second-order valence-electron chi connectivity index (χ2n) is 4.65. The Morgan fingerprint density at radius 3 is 2.70 bits per heavy atom. The minimum absolute atomic E-state index is 0.0295. The maximum atomic E-state index is 13.1. The largest absolute Gasteiger partial charge is 0.396 e. The van der Waals surface area contributed by atoms with Crippen molar-refractivity contribution >= 4 is 17.3 Å². The number of nitrogen functional groups attached to an aromatic ring is 1. The number of aryl methyl sites for hydroxylation is 2. The Balaban J connectivity index is 2.30. The number of hydrogen-bond acceptors (Lipinski definition) is 2. The van der Waals surface area contributed by atoms with Crippen molar-refractivity contribution in [1.29, 1.82) is 0 Å². The van der Waals surface area contributed by atoms with Crippen molar-refractivity contribution in [2.45, 2.75) is 20.3 Å². The number of benzene rings is 2. The molecule has 3 nitrogen and oxygen atoms in total. The second kappa shape index (κ2) is 5.74. The van der Waals surface area contributed by atoms with Crippen LogP contribution >= 0.6 is 0 Å². The lowest BCUT2D eigenvalue weighted by atomic mass is 10.1. The Hall–Kier alpha value is -2.36. The van der Waals surface area contributed by atoms with E-state index in [1.807, 2.05) is 32.0 Å². The number of amides is 1. The van der Waals surface area contributed by atoms with Gasteiger partial charge >= 0.3 is 0 Å². The van der Waals surface area contributed by atoms with Crippen molar-refractivity contribution in [2.24, 2.45) is 0 Å². The minimum atomic E-state index is -0.522. The lowest BCUT2D eigenvalue weighted by molar-refractivity contribution is 0.102. The molecule has 0 fully saturated rings. The van der Waals surface area contributed by atoms with E-state index in [0.717, 1.165) is 23.2 Å². The highest BCUT2D eigenvalue weighted by Crippen LogP contribution is 2.22. The standard InChI is InChI=1S/C16H17FN2O/c1-3-11-6-4-5-10(2)15(11)19-16(20)12-7-8-13(17)14(18)9-12/h4-9H,3,18H2,1-2H3,(H,19,20). The van der Waals surface area contributed by atoms with Crippen molar-refractivity contribution in [1.82, 2.24) is 0 Å². The van der Waals surface area contributed by atoms with Gasteiger partial charge in [0.1, 0.15) is 5.82 Å². The summed E-state index contributed by atoms with van der Waals surface area (Å²) in [5.41, 5.74) is 8.66. The predicted octanol–water partition coefficient (Wildman–Crippen LogP) is 3.53. The number of hydrogen-bond donors (Lipinski definition) is 2. The third-order valence-corrected chi connectivity index (χ3v) is 3.24. The van der Waals surface area contributed by atoms with E-state index in [1.165, 1.54) is 18.2 Å². The zero-order valence-electron chi connectivity index (χ0n) is 11.5. The summed E-state index contributed by atoms with van der Waals surface area (Å²) in [6, 6.07) is 9.83. The lowest BCUT2D eigenvalue weighted by Gasteiger charge is -2.13. The number of halogens is 1. The maximum absolute atomic E-state index is 13.1. The molecule has 2 aromatic carbocycles. The molecule has 3 N–H and O–H groups in total. The third-order valence-electron chi connectivity index (χ3n) is 3.24. The fourth-order valence-electron chi connectivity index (χ4n) is 2.07. The summed E-state index contributed by atoms with van der Waals surface area (Å²) in [7, 11) is 0. The van der Waals surface area contributed by atoms with Crippen LogP contribution in [-0.4, -0.2) is 5.91 Å². The third kappa shape index (κ3) is 2.79. The van der Waals surface area contributed by atoms with E-state index in [0.29, 0.717) is 5.56 Å². The lowest BCUT2D eigenvalue weighted by Crippen LogP contribution is -2.14. The first kappa shape index (κ1) is 14.1. The van der Waals surface area contributed by atoms with Crippen LogP contribution in [0.1, 0.15) is 28.4 Å². The molecule has 0 heterocycles. The van der Waals surface area contributed by atoms with Crippen molar-refractivity contribution in [3.05, 3.63) is 58.9 Å². The van der Waals surface area contributed by atoms with Crippen LogP contribution in [0.5, 0.6) is 0 Å². The first-order valence-electron chi connectivity index (χ1n) is 6.47. The molecule has 20 heavy (non-hydrogen) atoms. The quantitative estimate of drug-likeness (QED) is 0.840. The average molecular weight is 272 g/mol. The van der Waals surface area contributed by atoms with E-state index in [9.17, 15) is 9.18 Å². The Morgan fingerprint density at radius 1 is 1.30 bits per heavy atom. The van der Waals surface area contributed by atoms with E-state index in [1.54, 1.807) is 0 Å². The fraction of sp³-hybridized carbons (Fsp3) is 0.188. The molecule has 0 spiro atoms. The fourth-order valence-corrected chi connectivity index (χ4v) is 2.07. The molecule has 1 amide bonds. The maximum Gasteiger partial charge on any atom is 0.255 e. The summed E-state index contributed by atoms with van der Waals surface area (Å²) >= 11 is 0. The Kier molecular flexibility index (Phi) is 4.03. The van der Waals surface area contributed by atoms with Gasteiger partial charge in [0, 0.05) is 11.3 Å². The minimum Gasteiger partial charge on any atom is -0.396 e. The van der Waals surface area contributed by atoms with E-state index in [2.05, 4.69) is 5.32 Å². The van der Waals surface area contributed by atoms with Crippen molar-refractivity contribution in [3.8, 4) is 0 Å². The van der Waals surface area contributed by atoms with Gasteiger partial charge in [-0.05, 0) is 42.7 Å². The van der Waals surface area contributed by atoms with Crippen LogP contribution in [0.25, 0.3) is 0 Å². The predicted molar refractivity (Wildman–Crippen MR) is 79.3 cm³/mol. The van der Waals surface area contributed by atoms with Crippen LogP contribution in [0.4, 0.5) is 15.8 Å². The Labute approximate surface area is 117 Å². The number of para-hydroxylation sites is 1. The van der Waals surface area contributed by atoms with Gasteiger partial charge in [-0.15, -0.1) is 0 Å². The summed E-state index contributed by atoms with van der Waals surface area (Å²) in [5.74, 6) is -0.813. The molecule has 0 aliphatic carbocycles. The van der Waals surface area contributed by atoms with Crippen LogP contribution in [0.3, 0.4) is 0 Å². The normalized spacial score (nSPS) is 10.3. The first-order chi connectivity index (χ1) is 9.52. The summed E-state index contributed by atoms with van der Waals surface area (Å²) in [4.78, 5) is 12.2. The SMILES string of the molecule is CCc1cccc(C)c1NC(=O)c1ccc(F)c(N)c1. The molecule has 0 saturated heterocycles. The van der Waals surface area contributed by atoms with Gasteiger partial charge in [0.15, 0.2) is 0 Å². The molecule has 0 bridgehead atoms. The van der Waals surface area contributed by atoms with Crippen LogP contribution < -0.4 is 11.1 Å². The zero-order valence-corrected chi connectivity index (χ0v) is 11.5. The smallest absolute Gasteiger partial charge is 0.255 e. The summed E-state index contributed by atoms with van der Waals surface area (Å²) in [5, 5.41) is 2.88. The Morgan fingerprint density at radius 2 is 2.05 bits per heavy atom. The molecule has 4 heteroatoms. The van der Waals surface area contributed by atoms with Crippen molar-refractivity contribution in [2.75, 3.05) is 11.1 Å². The highest BCUT2D eigenvalue weighted by atomic mass is 19.1. The molecular weight excluding hydrogens is 255 g/mol. The van der Waals surface area contributed by atoms with Gasteiger partial charge in [-0.1, -0.05) is 25.1 Å². The molecule has 0 unspecified atom stereocenters. The molecule has 104 valence electrons. The number of anilines is 2. The highest BCUT2D eigenvalue weighted by molar-refractivity contribution is 6.05. The molecule has 2 rings (SSSR count). The Bertz CT molecular complexity index is 653. The monoisotopic (exact) mass is 272 g/mol. The van der Waals surface area contributed by atoms with Crippen molar-refractivity contribution < 1.29 is 9.18 Å². The van der Waals surface area contributed by atoms with Gasteiger partial charge in [0.2, 0.25) is 0 Å². The van der Waals surface area contributed by atoms with Gasteiger partial charge < -0.3 is 11.1 Å². The number of nitrogens with one attached hydrogen (secondary N) is 1. The van der Waals surface area contributed by atoms with Crippen LogP contribution in [0.2, 0.25) is 0 Å². The first-order valence-corrected chi connectivity index (χ1v) is 6.47. The van der Waals surface area contributed by atoms with Crippen LogP contribution in [0.15, 0.2) is 36.4 Å². The molecule has 0 saturated carbocycles. The second-order valence-corrected chi connectivity index (χ2v) is 4.65. The number of carbonyl (C=O) groups excluding carboxylic acids is 1. The van der Waals surface area contributed by atoms with Gasteiger partial charge in [-0.3, -0.25) is 4.79 Å². The number of carbonyl (C=O) groups is 1. The summed E-state index contributed by atoms with van der Waals surface area (Å²) in [6.45, 7) is 3.97. The molecule has 2 aromatic rings. The van der Waals surface area contributed by atoms with E-state index in [-0.39, 0.29) is 11.6 Å². The number of nitrogens with two attached hydrogens (primary N) is 1. The molecule has 0 aliphatic rings. The van der Waals surface area contributed by atoms with Crippen molar-refractivity contribution in [3.63, 3.8) is 0 Å². The van der Waals surface area contributed by atoms with E-state index in [4.69, 9.17) is 5.73 Å². The summed E-state index contributed by atoms with van der Waals surface area (Å²) < 4.78 is 13.1. The molecule has 0 aromatic heterocycles. The van der Waals surface area contributed by atoms with Gasteiger partial charge in [0.25, 0.3) is 5.91 Å². The summed E-state index contributed by atoms with van der Waals surface area (Å²) in [6.07, 6.45) is 0.822. The molecule has 0 radical (unpaired) electrons. The van der Waals surface area contributed by atoms with Gasteiger partial charge in [-0.2, -0.15) is 0 Å².